The van der Waals surface area contributed by atoms with Crippen LogP contribution in [0.3, 0.4) is 0 Å². The van der Waals surface area contributed by atoms with Gasteiger partial charge in [-0.3, -0.25) is 0 Å². The van der Waals surface area contributed by atoms with E-state index in [2.05, 4.69) is 5.32 Å². The van der Waals surface area contributed by atoms with Crippen molar-refractivity contribution in [1.29, 1.82) is 0 Å². The molecule has 0 saturated heterocycles. The third-order valence-corrected chi connectivity index (χ3v) is 4.83. The van der Waals surface area contributed by atoms with E-state index < -0.39 is 0 Å². The molecular weight excluding hydrogens is 305 g/mol. The Labute approximate surface area is 129 Å². The fourth-order valence-electron chi connectivity index (χ4n) is 2.58. The van der Waals surface area contributed by atoms with Crippen molar-refractivity contribution >= 4 is 34.8 Å². The summed E-state index contributed by atoms with van der Waals surface area (Å²) in [6, 6.07) is 3.46. The maximum atomic E-state index is 9.63. The van der Waals surface area contributed by atoms with Gasteiger partial charge in [-0.2, -0.15) is 0 Å². The average Bonchev–Trinajstić information content (AvgIpc) is 2.38. The second-order valence-electron chi connectivity index (χ2n) is 5.14. The first kappa shape index (κ1) is 15.4. The summed E-state index contributed by atoms with van der Waals surface area (Å²) in [6.07, 6.45) is 3.94. The highest BCUT2D eigenvalue weighted by Gasteiger charge is 2.19. The van der Waals surface area contributed by atoms with E-state index in [1.165, 1.54) is 6.42 Å². The lowest BCUT2D eigenvalue weighted by molar-refractivity contribution is 0.101. The highest BCUT2D eigenvalue weighted by Crippen LogP contribution is 2.31. The molecule has 2 unspecified atom stereocenters. The number of hydrogen-bond donors (Lipinski definition) is 2. The van der Waals surface area contributed by atoms with Gasteiger partial charge in [0.2, 0.25) is 0 Å². The summed E-state index contributed by atoms with van der Waals surface area (Å²) in [7, 11) is 0. The molecule has 0 radical (unpaired) electrons. The van der Waals surface area contributed by atoms with E-state index in [1.54, 1.807) is 12.1 Å². The molecule has 5 heteroatoms. The van der Waals surface area contributed by atoms with Gasteiger partial charge in [0.25, 0.3) is 0 Å². The first-order valence-electron chi connectivity index (χ1n) is 6.59. The van der Waals surface area contributed by atoms with E-state index in [4.69, 9.17) is 34.8 Å². The average molecular weight is 323 g/mol. The molecule has 0 bridgehead atoms. The van der Waals surface area contributed by atoms with E-state index in [0.29, 0.717) is 27.5 Å². The van der Waals surface area contributed by atoms with E-state index in [-0.39, 0.29) is 6.10 Å². The topological polar surface area (TPSA) is 32.3 Å². The molecule has 1 aromatic rings. The van der Waals surface area contributed by atoms with Crippen LogP contribution in [0.2, 0.25) is 15.1 Å². The zero-order chi connectivity index (χ0) is 13.8. The van der Waals surface area contributed by atoms with Crippen LogP contribution < -0.4 is 5.32 Å². The van der Waals surface area contributed by atoms with Crippen molar-refractivity contribution in [3.8, 4) is 0 Å². The van der Waals surface area contributed by atoms with Crippen LogP contribution in [0.25, 0.3) is 0 Å². The lowest BCUT2D eigenvalue weighted by atomic mass is 9.87. The predicted molar refractivity (Wildman–Crippen MR) is 81.1 cm³/mol. The second-order valence-corrected chi connectivity index (χ2v) is 6.33. The number of nitrogens with one attached hydrogen (secondary N) is 1. The summed E-state index contributed by atoms with van der Waals surface area (Å²) >= 11 is 18.3. The Hall–Kier alpha value is 0.01000. The number of hydrogen-bond acceptors (Lipinski definition) is 2. The van der Waals surface area contributed by atoms with Gasteiger partial charge in [-0.05, 0) is 43.9 Å². The van der Waals surface area contributed by atoms with Crippen LogP contribution in [0, 0.1) is 5.92 Å². The van der Waals surface area contributed by atoms with E-state index in [0.717, 1.165) is 31.4 Å². The quantitative estimate of drug-likeness (QED) is 0.811. The summed E-state index contributed by atoms with van der Waals surface area (Å²) in [5.74, 6) is 0.528. The lowest BCUT2D eigenvalue weighted by Crippen LogP contribution is -2.29. The minimum absolute atomic E-state index is 0.140. The van der Waals surface area contributed by atoms with Gasteiger partial charge in [-0.25, -0.2) is 0 Å². The Morgan fingerprint density at radius 3 is 2.63 bits per heavy atom. The van der Waals surface area contributed by atoms with Gasteiger partial charge in [0.1, 0.15) is 0 Å². The molecule has 1 saturated carbocycles. The molecule has 1 aromatic carbocycles. The summed E-state index contributed by atoms with van der Waals surface area (Å²) < 4.78 is 0. The van der Waals surface area contributed by atoms with Crippen LogP contribution in [0.1, 0.15) is 31.2 Å². The van der Waals surface area contributed by atoms with Gasteiger partial charge < -0.3 is 10.4 Å². The van der Waals surface area contributed by atoms with Crippen molar-refractivity contribution in [2.24, 2.45) is 5.92 Å². The summed E-state index contributed by atoms with van der Waals surface area (Å²) in [5.41, 5.74) is 0.840. The maximum absolute atomic E-state index is 9.63. The largest absolute Gasteiger partial charge is 0.393 e. The Bertz CT molecular complexity index is 439. The molecule has 2 rings (SSSR count). The van der Waals surface area contributed by atoms with Crippen LogP contribution >= 0.6 is 34.8 Å². The van der Waals surface area contributed by atoms with E-state index >= 15 is 0 Å². The number of aliphatic hydroxyl groups excluding tert-OH is 1. The molecule has 1 aliphatic rings. The number of halogens is 3. The molecule has 2 N–H and O–H groups in total. The fourth-order valence-corrected chi connectivity index (χ4v) is 3.26. The minimum Gasteiger partial charge on any atom is -0.393 e. The van der Waals surface area contributed by atoms with Crippen LogP contribution in [0.5, 0.6) is 0 Å². The van der Waals surface area contributed by atoms with Gasteiger partial charge in [-0.15, -0.1) is 0 Å². The SMILES string of the molecule is OC1CCCC(CNCc2c(Cl)ccc(Cl)c2Cl)C1. The fraction of sp³-hybridized carbons (Fsp3) is 0.571. The van der Waals surface area contributed by atoms with E-state index in [1.807, 2.05) is 0 Å². The number of rotatable bonds is 4. The molecule has 2 atom stereocenters. The van der Waals surface area contributed by atoms with Crippen molar-refractivity contribution in [1.82, 2.24) is 5.32 Å². The Morgan fingerprint density at radius 1 is 1.16 bits per heavy atom. The van der Waals surface area contributed by atoms with Crippen LogP contribution in [0.15, 0.2) is 12.1 Å². The molecule has 1 aliphatic carbocycles. The molecule has 19 heavy (non-hydrogen) atoms. The van der Waals surface area contributed by atoms with E-state index in [9.17, 15) is 5.11 Å². The van der Waals surface area contributed by atoms with Gasteiger partial charge in [-0.1, -0.05) is 41.2 Å². The lowest BCUT2D eigenvalue weighted by Gasteiger charge is -2.26. The monoisotopic (exact) mass is 321 g/mol. The van der Waals surface area contributed by atoms with Crippen molar-refractivity contribution in [2.75, 3.05) is 6.54 Å². The number of aliphatic hydroxyl groups is 1. The Balaban J connectivity index is 1.87. The first-order chi connectivity index (χ1) is 9.08. The zero-order valence-electron chi connectivity index (χ0n) is 10.6. The molecule has 1 fully saturated rings. The Morgan fingerprint density at radius 2 is 1.89 bits per heavy atom. The highest BCUT2D eigenvalue weighted by atomic mass is 35.5. The molecule has 0 spiro atoms. The van der Waals surface area contributed by atoms with Crippen molar-refractivity contribution in [2.45, 2.75) is 38.3 Å². The molecule has 0 heterocycles. The molecule has 0 amide bonds. The summed E-state index contributed by atoms with van der Waals surface area (Å²) in [4.78, 5) is 0. The van der Waals surface area contributed by atoms with Gasteiger partial charge in [0, 0.05) is 17.1 Å². The van der Waals surface area contributed by atoms with Gasteiger partial charge in [0.15, 0.2) is 0 Å². The third kappa shape index (κ3) is 4.24. The maximum Gasteiger partial charge on any atom is 0.0652 e. The second kappa shape index (κ2) is 7.14. The standard InChI is InChI=1S/C14H18Cl3NO/c15-12-4-5-13(16)14(17)11(12)8-18-7-9-2-1-3-10(19)6-9/h4-5,9-10,18-19H,1-3,6-8H2. The normalized spacial score (nSPS) is 23.6. The highest BCUT2D eigenvalue weighted by molar-refractivity contribution is 6.44. The molecule has 106 valence electrons. The van der Waals surface area contributed by atoms with Crippen molar-refractivity contribution in [3.63, 3.8) is 0 Å². The Kier molecular flexibility index (Phi) is 5.79. The molecule has 0 aliphatic heterocycles. The van der Waals surface area contributed by atoms with Crippen LogP contribution in [-0.4, -0.2) is 17.8 Å². The summed E-state index contributed by atoms with van der Waals surface area (Å²) in [6.45, 7) is 1.47. The van der Waals surface area contributed by atoms with Crippen LogP contribution in [-0.2, 0) is 6.54 Å². The number of benzene rings is 1. The van der Waals surface area contributed by atoms with Crippen molar-refractivity contribution < 1.29 is 5.11 Å². The van der Waals surface area contributed by atoms with Gasteiger partial charge >= 0.3 is 0 Å². The van der Waals surface area contributed by atoms with Gasteiger partial charge in [0.05, 0.1) is 16.1 Å². The zero-order valence-corrected chi connectivity index (χ0v) is 12.9. The third-order valence-electron chi connectivity index (χ3n) is 3.63. The first-order valence-corrected chi connectivity index (χ1v) is 7.72. The summed E-state index contributed by atoms with van der Waals surface area (Å²) in [5, 5.41) is 14.7. The van der Waals surface area contributed by atoms with Crippen molar-refractivity contribution in [3.05, 3.63) is 32.8 Å². The molecule has 0 aromatic heterocycles. The van der Waals surface area contributed by atoms with Crippen LogP contribution in [0.4, 0.5) is 0 Å². The minimum atomic E-state index is -0.140. The molecular formula is C14H18Cl3NO. The predicted octanol–water partition coefficient (Wildman–Crippen LogP) is 4.29. The molecule has 2 nitrogen and oxygen atoms in total. The smallest absolute Gasteiger partial charge is 0.0652 e.